The summed E-state index contributed by atoms with van der Waals surface area (Å²) in [4.78, 5) is 17.8. The Labute approximate surface area is 151 Å². The minimum Gasteiger partial charge on any atom is -0.267 e. The monoisotopic (exact) mass is 339 g/mol. The first-order valence-electron chi connectivity index (χ1n) is 8.41. The average Bonchev–Trinajstić information content (AvgIpc) is 2.68. The quantitative estimate of drug-likeness (QED) is 0.524. The Morgan fingerprint density at radius 2 is 1.58 bits per heavy atom. The van der Waals surface area contributed by atoms with Crippen molar-refractivity contribution in [3.05, 3.63) is 100 Å². The van der Waals surface area contributed by atoms with Crippen LogP contribution in [0.2, 0.25) is 0 Å². The van der Waals surface area contributed by atoms with E-state index in [9.17, 15) is 4.79 Å². The average molecular weight is 339 g/mol. The number of benzene rings is 3. The van der Waals surface area contributed by atoms with Crippen molar-refractivity contribution >= 4 is 17.1 Å². The topological polar surface area (TPSA) is 47.2 Å². The highest BCUT2D eigenvalue weighted by molar-refractivity contribution is 5.82. The number of hydrogen-bond donors (Lipinski definition) is 0. The second-order valence-electron chi connectivity index (χ2n) is 6.04. The summed E-state index contributed by atoms with van der Waals surface area (Å²) in [6.07, 6.45) is 1.68. The molecule has 1 aromatic heterocycles. The maximum Gasteiger partial charge on any atom is 0.282 e. The summed E-state index contributed by atoms with van der Waals surface area (Å²) in [5.74, 6) is 0.541. The van der Waals surface area contributed by atoms with Gasteiger partial charge in [-0.1, -0.05) is 66.7 Å². The van der Waals surface area contributed by atoms with Crippen molar-refractivity contribution in [1.29, 1.82) is 0 Å². The van der Waals surface area contributed by atoms with Crippen molar-refractivity contribution < 1.29 is 0 Å². The molecule has 0 fully saturated rings. The maximum atomic E-state index is 13.1. The fourth-order valence-corrected chi connectivity index (χ4v) is 2.89. The number of hydrogen-bond acceptors (Lipinski definition) is 3. The summed E-state index contributed by atoms with van der Waals surface area (Å²) in [6, 6.07) is 24.9. The molecule has 4 rings (SSSR count). The van der Waals surface area contributed by atoms with Gasteiger partial charge in [-0.25, -0.2) is 4.98 Å². The largest absolute Gasteiger partial charge is 0.282 e. The molecule has 0 amide bonds. The molecule has 4 nitrogen and oxygen atoms in total. The lowest BCUT2D eigenvalue weighted by molar-refractivity contribution is 0.828. The van der Waals surface area contributed by atoms with Gasteiger partial charge in [-0.2, -0.15) is 9.78 Å². The molecule has 0 bridgehead atoms. The molecular formula is C22H17N3O. The molecule has 0 atom stereocenters. The Balaban J connectivity index is 1.99. The first-order chi connectivity index (χ1) is 12.7. The standard InChI is InChI=1S/C22H17N3O/c1-16-9-5-6-12-18(16)21-24-20-14-8-7-13-19(20)22(26)25(21)23-15-17-10-3-2-4-11-17/h2-15H,1H3/b23-15+. The van der Waals surface area contributed by atoms with Gasteiger partial charge in [0.1, 0.15) is 0 Å². The van der Waals surface area contributed by atoms with Crippen LogP contribution in [0.15, 0.2) is 88.8 Å². The molecular weight excluding hydrogens is 322 g/mol. The third kappa shape index (κ3) is 2.93. The zero-order chi connectivity index (χ0) is 17.9. The van der Waals surface area contributed by atoms with E-state index in [0.717, 1.165) is 16.7 Å². The Hall–Kier alpha value is -3.53. The number of aryl methyl sites for hydroxylation is 1. The predicted molar refractivity (Wildman–Crippen MR) is 106 cm³/mol. The van der Waals surface area contributed by atoms with Crippen LogP contribution in [0.1, 0.15) is 11.1 Å². The third-order valence-electron chi connectivity index (χ3n) is 4.26. The second kappa shape index (κ2) is 6.76. The van der Waals surface area contributed by atoms with Crippen LogP contribution in [-0.4, -0.2) is 15.9 Å². The fourth-order valence-electron chi connectivity index (χ4n) is 2.89. The van der Waals surface area contributed by atoms with E-state index in [1.807, 2.05) is 79.7 Å². The van der Waals surface area contributed by atoms with Crippen molar-refractivity contribution in [2.75, 3.05) is 0 Å². The van der Waals surface area contributed by atoms with Crippen molar-refractivity contribution in [3.63, 3.8) is 0 Å². The van der Waals surface area contributed by atoms with Gasteiger partial charge in [-0.15, -0.1) is 0 Å². The summed E-state index contributed by atoms with van der Waals surface area (Å²) in [5.41, 5.74) is 3.34. The van der Waals surface area contributed by atoms with Gasteiger partial charge in [0, 0.05) is 5.56 Å². The molecule has 0 aliphatic rings. The van der Waals surface area contributed by atoms with E-state index in [1.165, 1.54) is 4.68 Å². The molecule has 0 unspecified atom stereocenters. The van der Waals surface area contributed by atoms with Crippen LogP contribution < -0.4 is 5.56 Å². The SMILES string of the molecule is Cc1ccccc1-c1nc2ccccc2c(=O)n1/N=C/c1ccccc1. The van der Waals surface area contributed by atoms with Crippen molar-refractivity contribution in [3.8, 4) is 11.4 Å². The van der Waals surface area contributed by atoms with Gasteiger partial charge in [0.15, 0.2) is 5.82 Å². The highest BCUT2D eigenvalue weighted by Crippen LogP contribution is 2.22. The lowest BCUT2D eigenvalue weighted by atomic mass is 10.1. The van der Waals surface area contributed by atoms with Crippen LogP contribution in [0.25, 0.3) is 22.3 Å². The fraction of sp³-hybridized carbons (Fsp3) is 0.0455. The van der Waals surface area contributed by atoms with E-state index >= 15 is 0 Å². The van der Waals surface area contributed by atoms with Crippen molar-refractivity contribution in [2.24, 2.45) is 5.10 Å². The van der Waals surface area contributed by atoms with E-state index in [2.05, 4.69) is 5.10 Å². The molecule has 0 aliphatic heterocycles. The molecule has 0 N–H and O–H groups in total. The summed E-state index contributed by atoms with van der Waals surface area (Å²) in [7, 11) is 0. The molecule has 0 saturated carbocycles. The minimum atomic E-state index is -0.180. The smallest absolute Gasteiger partial charge is 0.267 e. The van der Waals surface area contributed by atoms with Crippen LogP contribution >= 0.6 is 0 Å². The Morgan fingerprint density at radius 1 is 0.885 bits per heavy atom. The van der Waals surface area contributed by atoms with Crippen LogP contribution in [0.4, 0.5) is 0 Å². The Morgan fingerprint density at radius 3 is 2.38 bits per heavy atom. The molecule has 0 radical (unpaired) electrons. The van der Waals surface area contributed by atoms with Gasteiger partial charge < -0.3 is 0 Å². The van der Waals surface area contributed by atoms with E-state index in [4.69, 9.17) is 4.98 Å². The van der Waals surface area contributed by atoms with Gasteiger partial charge in [-0.05, 0) is 30.2 Å². The molecule has 26 heavy (non-hydrogen) atoms. The normalized spacial score (nSPS) is 11.3. The van der Waals surface area contributed by atoms with Crippen LogP contribution in [-0.2, 0) is 0 Å². The third-order valence-corrected chi connectivity index (χ3v) is 4.26. The summed E-state index contributed by atoms with van der Waals surface area (Å²) in [5, 5.41) is 5.01. The minimum absolute atomic E-state index is 0.180. The second-order valence-corrected chi connectivity index (χ2v) is 6.04. The highest BCUT2D eigenvalue weighted by Gasteiger charge is 2.13. The number of rotatable bonds is 3. The number of para-hydroxylation sites is 1. The molecule has 4 aromatic rings. The highest BCUT2D eigenvalue weighted by atomic mass is 16.1. The predicted octanol–water partition coefficient (Wildman–Crippen LogP) is 4.25. The number of fused-ring (bicyclic) bond motifs is 1. The van der Waals surface area contributed by atoms with Gasteiger partial charge in [-0.3, -0.25) is 4.79 Å². The first-order valence-corrected chi connectivity index (χ1v) is 8.41. The maximum absolute atomic E-state index is 13.1. The molecule has 126 valence electrons. The molecule has 0 aliphatic carbocycles. The number of nitrogens with zero attached hydrogens (tertiary/aromatic N) is 3. The van der Waals surface area contributed by atoms with Gasteiger partial charge in [0.2, 0.25) is 0 Å². The molecule has 1 heterocycles. The van der Waals surface area contributed by atoms with Crippen LogP contribution in [0.5, 0.6) is 0 Å². The molecule has 0 saturated heterocycles. The Kier molecular flexibility index (Phi) is 4.15. The summed E-state index contributed by atoms with van der Waals surface area (Å²) < 4.78 is 1.39. The van der Waals surface area contributed by atoms with Crippen molar-refractivity contribution in [2.45, 2.75) is 6.92 Å². The van der Waals surface area contributed by atoms with Crippen LogP contribution in [0.3, 0.4) is 0 Å². The molecule has 4 heteroatoms. The lowest BCUT2D eigenvalue weighted by Gasteiger charge is -2.11. The van der Waals surface area contributed by atoms with Gasteiger partial charge >= 0.3 is 0 Å². The van der Waals surface area contributed by atoms with Gasteiger partial charge in [0.05, 0.1) is 17.1 Å². The van der Waals surface area contributed by atoms with Crippen molar-refractivity contribution in [1.82, 2.24) is 9.66 Å². The Bertz CT molecular complexity index is 1160. The van der Waals surface area contributed by atoms with E-state index in [-0.39, 0.29) is 5.56 Å². The van der Waals surface area contributed by atoms with Gasteiger partial charge in [0.25, 0.3) is 5.56 Å². The summed E-state index contributed by atoms with van der Waals surface area (Å²) >= 11 is 0. The zero-order valence-electron chi connectivity index (χ0n) is 14.3. The molecule has 0 spiro atoms. The van der Waals surface area contributed by atoms with Crippen LogP contribution in [0, 0.1) is 6.92 Å². The summed E-state index contributed by atoms with van der Waals surface area (Å²) in [6.45, 7) is 2.00. The molecule has 3 aromatic carbocycles. The van der Waals surface area contributed by atoms with E-state index in [0.29, 0.717) is 16.7 Å². The van der Waals surface area contributed by atoms with E-state index in [1.54, 1.807) is 12.3 Å². The number of aromatic nitrogens is 2. The lowest BCUT2D eigenvalue weighted by Crippen LogP contribution is -2.20. The zero-order valence-corrected chi connectivity index (χ0v) is 14.3. The van der Waals surface area contributed by atoms with E-state index < -0.39 is 0 Å². The first kappa shape index (κ1) is 16.0.